The highest BCUT2D eigenvalue weighted by atomic mass is 79.9. The summed E-state index contributed by atoms with van der Waals surface area (Å²) >= 11 is 5.03. The zero-order chi connectivity index (χ0) is 13.8. The molecule has 4 heteroatoms. The third-order valence-electron chi connectivity index (χ3n) is 2.92. The van der Waals surface area contributed by atoms with E-state index in [9.17, 15) is 9.50 Å². The fourth-order valence-electron chi connectivity index (χ4n) is 1.85. The van der Waals surface area contributed by atoms with E-state index < -0.39 is 6.10 Å². The zero-order valence-electron chi connectivity index (χ0n) is 10.4. The molecule has 0 saturated carbocycles. The van der Waals surface area contributed by atoms with Crippen molar-refractivity contribution in [3.8, 4) is 0 Å². The third-order valence-corrected chi connectivity index (χ3v) is 4.44. The quantitative estimate of drug-likeness (QED) is 0.821. The molecule has 0 spiro atoms. The van der Waals surface area contributed by atoms with E-state index in [1.165, 1.54) is 12.1 Å². The average molecular weight is 341 g/mol. The topological polar surface area (TPSA) is 20.2 Å². The van der Waals surface area contributed by atoms with Crippen LogP contribution in [0.4, 0.5) is 4.39 Å². The molecule has 0 radical (unpaired) electrons. The Kier molecular flexibility index (Phi) is 5.02. The van der Waals surface area contributed by atoms with Crippen molar-refractivity contribution in [1.29, 1.82) is 0 Å². The Morgan fingerprint density at radius 1 is 1.21 bits per heavy atom. The zero-order valence-corrected chi connectivity index (χ0v) is 12.8. The van der Waals surface area contributed by atoms with Gasteiger partial charge in [-0.2, -0.15) is 0 Å². The molecule has 19 heavy (non-hydrogen) atoms. The van der Waals surface area contributed by atoms with Crippen LogP contribution in [0.3, 0.4) is 0 Å². The molecular formula is C15H14BrFOS. The molecule has 0 amide bonds. The first-order valence-electron chi connectivity index (χ1n) is 5.86. The van der Waals surface area contributed by atoms with Gasteiger partial charge in [0.1, 0.15) is 5.82 Å². The van der Waals surface area contributed by atoms with Gasteiger partial charge in [-0.05, 0) is 47.7 Å². The second-order valence-electron chi connectivity index (χ2n) is 4.23. The predicted molar refractivity (Wildman–Crippen MR) is 81.0 cm³/mol. The van der Waals surface area contributed by atoms with Gasteiger partial charge in [0, 0.05) is 15.8 Å². The molecule has 1 atom stereocenters. The summed E-state index contributed by atoms with van der Waals surface area (Å²) in [4.78, 5) is 1.16. The monoisotopic (exact) mass is 340 g/mol. The maximum Gasteiger partial charge on any atom is 0.123 e. The van der Waals surface area contributed by atoms with Gasteiger partial charge in [-0.3, -0.25) is 0 Å². The fourth-order valence-corrected chi connectivity index (χ4v) is 2.67. The van der Waals surface area contributed by atoms with E-state index in [1.54, 1.807) is 17.8 Å². The van der Waals surface area contributed by atoms with Gasteiger partial charge in [-0.1, -0.05) is 28.1 Å². The maximum absolute atomic E-state index is 13.2. The highest BCUT2D eigenvalue weighted by Crippen LogP contribution is 2.26. The molecule has 0 bridgehead atoms. The van der Waals surface area contributed by atoms with Gasteiger partial charge >= 0.3 is 0 Å². The molecule has 2 rings (SSSR count). The van der Waals surface area contributed by atoms with Gasteiger partial charge in [-0.15, -0.1) is 11.8 Å². The van der Waals surface area contributed by atoms with Crippen LogP contribution < -0.4 is 0 Å². The number of benzene rings is 2. The van der Waals surface area contributed by atoms with Gasteiger partial charge in [0.05, 0.1) is 6.10 Å². The number of aliphatic hydroxyl groups excluding tert-OH is 1. The average Bonchev–Trinajstić information content (AvgIpc) is 2.43. The summed E-state index contributed by atoms with van der Waals surface area (Å²) in [5.41, 5.74) is 1.61. The smallest absolute Gasteiger partial charge is 0.123 e. The largest absolute Gasteiger partial charge is 0.388 e. The number of thioether (sulfide) groups is 1. The van der Waals surface area contributed by atoms with Crippen LogP contribution in [0.1, 0.15) is 17.2 Å². The standard InChI is InChI=1S/C15H14BrFOS/c1-19-13-5-2-10(3-6-13)15(18)9-11-8-12(17)4-7-14(11)16/h2-8,15,18H,9H2,1H3. The van der Waals surface area contributed by atoms with Gasteiger partial charge in [0.2, 0.25) is 0 Å². The van der Waals surface area contributed by atoms with Crippen molar-refractivity contribution in [2.45, 2.75) is 17.4 Å². The van der Waals surface area contributed by atoms with Gasteiger partial charge in [-0.25, -0.2) is 4.39 Å². The molecule has 2 aromatic rings. The van der Waals surface area contributed by atoms with Crippen molar-refractivity contribution in [3.63, 3.8) is 0 Å². The minimum Gasteiger partial charge on any atom is -0.388 e. The lowest BCUT2D eigenvalue weighted by Gasteiger charge is -2.13. The highest BCUT2D eigenvalue weighted by Gasteiger charge is 2.11. The van der Waals surface area contributed by atoms with Gasteiger partial charge in [0.15, 0.2) is 0 Å². The summed E-state index contributed by atoms with van der Waals surface area (Å²) in [7, 11) is 0. The van der Waals surface area contributed by atoms with Crippen LogP contribution in [0.5, 0.6) is 0 Å². The first-order chi connectivity index (χ1) is 9.10. The van der Waals surface area contributed by atoms with E-state index in [0.29, 0.717) is 6.42 Å². The number of rotatable bonds is 4. The molecule has 100 valence electrons. The van der Waals surface area contributed by atoms with Crippen molar-refractivity contribution in [3.05, 3.63) is 63.9 Å². The Balaban J connectivity index is 2.15. The molecule has 0 saturated heterocycles. The molecule has 0 aliphatic heterocycles. The summed E-state index contributed by atoms with van der Waals surface area (Å²) in [5, 5.41) is 10.2. The molecule has 0 aliphatic rings. The molecule has 1 N–H and O–H groups in total. The Bertz CT molecular complexity index is 557. The maximum atomic E-state index is 13.2. The summed E-state index contributed by atoms with van der Waals surface area (Å²) < 4.78 is 14.0. The molecule has 0 fully saturated rings. The minimum atomic E-state index is -0.631. The van der Waals surface area contributed by atoms with Crippen molar-refractivity contribution < 1.29 is 9.50 Å². The van der Waals surface area contributed by atoms with Crippen molar-refractivity contribution in [2.24, 2.45) is 0 Å². The van der Waals surface area contributed by atoms with Crippen LogP contribution in [0, 0.1) is 5.82 Å². The van der Waals surface area contributed by atoms with Gasteiger partial charge < -0.3 is 5.11 Å². The predicted octanol–water partition coefficient (Wildman–Crippen LogP) is 4.59. The van der Waals surface area contributed by atoms with E-state index in [4.69, 9.17) is 0 Å². The van der Waals surface area contributed by atoms with Crippen LogP contribution in [0.2, 0.25) is 0 Å². The van der Waals surface area contributed by atoms with Crippen LogP contribution in [0.15, 0.2) is 51.8 Å². The lowest BCUT2D eigenvalue weighted by atomic mass is 10.0. The SMILES string of the molecule is CSc1ccc(C(O)Cc2cc(F)ccc2Br)cc1. The van der Waals surface area contributed by atoms with Crippen LogP contribution >= 0.6 is 27.7 Å². The Morgan fingerprint density at radius 2 is 1.89 bits per heavy atom. The van der Waals surface area contributed by atoms with Gasteiger partial charge in [0.25, 0.3) is 0 Å². The van der Waals surface area contributed by atoms with Crippen LogP contribution in [0.25, 0.3) is 0 Å². The first kappa shape index (κ1) is 14.6. The lowest BCUT2D eigenvalue weighted by molar-refractivity contribution is 0.178. The Morgan fingerprint density at radius 3 is 2.53 bits per heavy atom. The Hall–Kier alpha value is -0.840. The molecule has 0 heterocycles. The Labute approximate surface area is 125 Å². The van der Waals surface area contributed by atoms with Crippen molar-refractivity contribution >= 4 is 27.7 Å². The van der Waals surface area contributed by atoms with E-state index >= 15 is 0 Å². The third kappa shape index (κ3) is 3.81. The molecule has 1 unspecified atom stereocenters. The van der Waals surface area contributed by atoms with E-state index in [-0.39, 0.29) is 5.82 Å². The highest BCUT2D eigenvalue weighted by molar-refractivity contribution is 9.10. The fraction of sp³-hybridized carbons (Fsp3) is 0.200. The minimum absolute atomic E-state index is 0.289. The van der Waals surface area contributed by atoms with E-state index in [2.05, 4.69) is 15.9 Å². The summed E-state index contributed by atoms with van der Waals surface area (Å²) in [5.74, 6) is -0.289. The molecule has 0 aliphatic carbocycles. The second kappa shape index (κ2) is 6.55. The molecular weight excluding hydrogens is 327 g/mol. The van der Waals surface area contributed by atoms with E-state index in [0.717, 1.165) is 20.5 Å². The van der Waals surface area contributed by atoms with E-state index in [1.807, 2.05) is 30.5 Å². The van der Waals surface area contributed by atoms with Crippen molar-refractivity contribution in [2.75, 3.05) is 6.26 Å². The number of hydrogen-bond acceptors (Lipinski definition) is 2. The molecule has 0 aromatic heterocycles. The molecule has 1 nitrogen and oxygen atoms in total. The van der Waals surface area contributed by atoms with Crippen LogP contribution in [-0.4, -0.2) is 11.4 Å². The van der Waals surface area contributed by atoms with Crippen LogP contribution in [-0.2, 0) is 6.42 Å². The second-order valence-corrected chi connectivity index (χ2v) is 5.96. The number of aliphatic hydroxyl groups is 1. The summed E-state index contributed by atoms with van der Waals surface area (Å²) in [6.45, 7) is 0. The summed E-state index contributed by atoms with van der Waals surface area (Å²) in [6.07, 6.45) is 1.76. The first-order valence-corrected chi connectivity index (χ1v) is 7.88. The lowest BCUT2D eigenvalue weighted by Crippen LogP contribution is -2.02. The molecule has 2 aromatic carbocycles. The summed E-state index contributed by atoms with van der Waals surface area (Å²) in [6, 6.07) is 12.3. The number of hydrogen-bond donors (Lipinski definition) is 1. The number of halogens is 2. The van der Waals surface area contributed by atoms with Crippen molar-refractivity contribution in [1.82, 2.24) is 0 Å². The normalized spacial score (nSPS) is 12.4.